The molecule has 100 valence electrons. The van der Waals surface area contributed by atoms with Crippen molar-refractivity contribution in [2.45, 2.75) is 20.0 Å². The zero-order valence-electron chi connectivity index (χ0n) is 10.8. The topological polar surface area (TPSA) is 47.0 Å². The van der Waals surface area contributed by atoms with Gasteiger partial charge in [-0.25, -0.2) is 4.98 Å². The van der Waals surface area contributed by atoms with E-state index in [0.717, 1.165) is 24.5 Å². The molecule has 4 nitrogen and oxygen atoms in total. The van der Waals surface area contributed by atoms with E-state index in [-0.39, 0.29) is 0 Å². The van der Waals surface area contributed by atoms with Crippen molar-refractivity contribution in [1.29, 1.82) is 0 Å². The Balaban J connectivity index is 1.95. The highest BCUT2D eigenvalue weighted by Crippen LogP contribution is 2.16. The third-order valence-corrected chi connectivity index (χ3v) is 2.64. The molecule has 0 spiro atoms. The Morgan fingerprint density at radius 2 is 2.21 bits per heavy atom. The molecule has 0 radical (unpaired) electrons. The second kappa shape index (κ2) is 6.95. The molecule has 19 heavy (non-hydrogen) atoms. The highest BCUT2D eigenvalue weighted by Gasteiger charge is 2.00. The van der Waals surface area contributed by atoms with Gasteiger partial charge in [0.15, 0.2) is 0 Å². The van der Waals surface area contributed by atoms with Crippen LogP contribution in [0.2, 0.25) is 5.02 Å². The van der Waals surface area contributed by atoms with Crippen LogP contribution in [0.1, 0.15) is 19.0 Å². The minimum absolute atomic E-state index is 0.393. The molecule has 1 N–H and O–H groups in total. The van der Waals surface area contributed by atoms with Crippen LogP contribution in [-0.2, 0) is 6.61 Å². The SMILES string of the molecule is CCCNc1cccc(COc2cncc(Cl)c2)n1. The van der Waals surface area contributed by atoms with Gasteiger partial charge in [0, 0.05) is 18.8 Å². The lowest BCUT2D eigenvalue weighted by molar-refractivity contribution is 0.300. The van der Waals surface area contributed by atoms with Crippen molar-refractivity contribution < 1.29 is 4.74 Å². The largest absolute Gasteiger partial charge is 0.486 e. The molecule has 0 bridgehead atoms. The van der Waals surface area contributed by atoms with E-state index >= 15 is 0 Å². The van der Waals surface area contributed by atoms with E-state index in [1.54, 1.807) is 18.5 Å². The van der Waals surface area contributed by atoms with Gasteiger partial charge in [0.2, 0.25) is 0 Å². The number of halogens is 1. The van der Waals surface area contributed by atoms with Crippen molar-refractivity contribution in [3.05, 3.63) is 47.4 Å². The summed E-state index contributed by atoms with van der Waals surface area (Å²) in [5.41, 5.74) is 0.862. The van der Waals surface area contributed by atoms with Crippen LogP contribution in [-0.4, -0.2) is 16.5 Å². The summed E-state index contributed by atoms with van der Waals surface area (Å²) in [6.07, 6.45) is 4.27. The number of pyridine rings is 2. The van der Waals surface area contributed by atoms with Crippen molar-refractivity contribution in [3.63, 3.8) is 0 Å². The Labute approximate surface area is 117 Å². The Hall–Kier alpha value is -1.81. The standard InChI is InChI=1S/C14H16ClN3O/c1-2-6-17-14-5-3-4-12(18-14)10-19-13-7-11(15)8-16-9-13/h3-5,7-9H,2,6,10H2,1H3,(H,17,18). The maximum absolute atomic E-state index is 5.84. The summed E-state index contributed by atoms with van der Waals surface area (Å²) >= 11 is 5.84. The zero-order valence-corrected chi connectivity index (χ0v) is 11.5. The van der Waals surface area contributed by atoms with Gasteiger partial charge in [-0.05, 0) is 18.6 Å². The quantitative estimate of drug-likeness (QED) is 0.877. The first kappa shape index (κ1) is 13.6. The van der Waals surface area contributed by atoms with Crippen molar-refractivity contribution in [2.75, 3.05) is 11.9 Å². The number of rotatable bonds is 6. The number of aromatic nitrogens is 2. The first-order valence-corrected chi connectivity index (χ1v) is 6.59. The molecule has 0 aliphatic carbocycles. The molecule has 0 aliphatic heterocycles. The highest BCUT2D eigenvalue weighted by molar-refractivity contribution is 6.30. The number of nitrogens with zero attached hydrogens (tertiary/aromatic N) is 2. The fraction of sp³-hybridized carbons (Fsp3) is 0.286. The fourth-order valence-electron chi connectivity index (χ4n) is 1.54. The minimum Gasteiger partial charge on any atom is -0.486 e. The molecular weight excluding hydrogens is 262 g/mol. The number of ether oxygens (including phenoxy) is 1. The van der Waals surface area contributed by atoms with Crippen LogP contribution in [0.25, 0.3) is 0 Å². The van der Waals surface area contributed by atoms with Crippen molar-refractivity contribution in [2.24, 2.45) is 0 Å². The Morgan fingerprint density at radius 3 is 3.00 bits per heavy atom. The fourth-order valence-corrected chi connectivity index (χ4v) is 1.70. The van der Waals surface area contributed by atoms with Gasteiger partial charge >= 0.3 is 0 Å². The summed E-state index contributed by atoms with van der Waals surface area (Å²) < 4.78 is 5.60. The van der Waals surface area contributed by atoms with Gasteiger partial charge in [-0.1, -0.05) is 24.6 Å². The molecule has 2 heterocycles. The van der Waals surface area contributed by atoms with E-state index < -0.39 is 0 Å². The van der Waals surface area contributed by atoms with Crippen molar-refractivity contribution in [1.82, 2.24) is 9.97 Å². The lowest BCUT2D eigenvalue weighted by atomic mass is 10.3. The third kappa shape index (κ3) is 4.41. The van der Waals surface area contributed by atoms with Crippen molar-refractivity contribution >= 4 is 17.4 Å². The Kier molecular flexibility index (Phi) is 4.98. The number of hydrogen-bond acceptors (Lipinski definition) is 4. The minimum atomic E-state index is 0.393. The lowest BCUT2D eigenvalue weighted by Crippen LogP contribution is -2.04. The van der Waals surface area contributed by atoms with Gasteiger partial charge in [-0.15, -0.1) is 0 Å². The second-order valence-electron chi connectivity index (χ2n) is 4.07. The van der Waals surface area contributed by atoms with Crippen LogP contribution in [0.4, 0.5) is 5.82 Å². The van der Waals surface area contributed by atoms with E-state index in [1.165, 1.54) is 0 Å². The average molecular weight is 278 g/mol. The smallest absolute Gasteiger partial charge is 0.139 e. The van der Waals surface area contributed by atoms with Gasteiger partial charge in [-0.3, -0.25) is 4.98 Å². The third-order valence-electron chi connectivity index (χ3n) is 2.43. The number of hydrogen-bond donors (Lipinski definition) is 1. The molecule has 0 unspecified atom stereocenters. The van der Waals surface area contributed by atoms with Crippen LogP contribution >= 0.6 is 11.6 Å². The van der Waals surface area contributed by atoms with E-state index in [1.807, 2.05) is 18.2 Å². The van der Waals surface area contributed by atoms with Gasteiger partial charge < -0.3 is 10.1 Å². The van der Waals surface area contributed by atoms with Crippen LogP contribution in [0.5, 0.6) is 5.75 Å². The number of nitrogens with one attached hydrogen (secondary N) is 1. The van der Waals surface area contributed by atoms with Gasteiger partial charge in [0.05, 0.1) is 16.9 Å². The van der Waals surface area contributed by atoms with E-state index in [0.29, 0.717) is 17.4 Å². The molecule has 0 saturated carbocycles. The molecule has 0 aromatic carbocycles. The molecule has 2 aromatic rings. The molecule has 0 atom stereocenters. The van der Waals surface area contributed by atoms with Gasteiger partial charge in [0.1, 0.15) is 18.2 Å². The van der Waals surface area contributed by atoms with Crippen LogP contribution < -0.4 is 10.1 Å². The highest BCUT2D eigenvalue weighted by atomic mass is 35.5. The summed E-state index contributed by atoms with van der Waals surface area (Å²) in [5, 5.41) is 3.80. The summed E-state index contributed by atoms with van der Waals surface area (Å²) in [5.74, 6) is 1.51. The maximum Gasteiger partial charge on any atom is 0.139 e. The molecule has 2 rings (SSSR count). The Bertz CT molecular complexity index is 534. The van der Waals surface area contributed by atoms with E-state index in [4.69, 9.17) is 16.3 Å². The van der Waals surface area contributed by atoms with Crippen LogP contribution in [0, 0.1) is 0 Å². The molecule has 0 amide bonds. The van der Waals surface area contributed by atoms with Gasteiger partial charge in [-0.2, -0.15) is 0 Å². The summed E-state index contributed by atoms with van der Waals surface area (Å²) in [4.78, 5) is 8.42. The van der Waals surface area contributed by atoms with E-state index in [2.05, 4.69) is 22.2 Å². The van der Waals surface area contributed by atoms with E-state index in [9.17, 15) is 0 Å². The van der Waals surface area contributed by atoms with Gasteiger partial charge in [0.25, 0.3) is 0 Å². The molecular formula is C14H16ClN3O. The molecule has 2 aromatic heterocycles. The second-order valence-corrected chi connectivity index (χ2v) is 4.50. The first-order chi connectivity index (χ1) is 9.28. The average Bonchev–Trinajstić information content (AvgIpc) is 2.43. The van der Waals surface area contributed by atoms with Crippen molar-refractivity contribution in [3.8, 4) is 5.75 Å². The molecule has 0 aliphatic rings. The maximum atomic E-state index is 5.84. The Morgan fingerprint density at radius 1 is 1.32 bits per heavy atom. The normalized spacial score (nSPS) is 10.2. The summed E-state index contributed by atoms with van der Waals surface area (Å²) in [6, 6.07) is 7.56. The predicted octanol–water partition coefficient (Wildman–Crippen LogP) is 3.53. The summed E-state index contributed by atoms with van der Waals surface area (Å²) in [7, 11) is 0. The van der Waals surface area contributed by atoms with Crippen LogP contribution in [0.3, 0.4) is 0 Å². The molecule has 0 saturated heterocycles. The summed E-state index contributed by atoms with van der Waals surface area (Å²) in [6.45, 7) is 3.42. The van der Waals surface area contributed by atoms with Crippen LogP contribution in [0.15, 0.2) is 36.7 Å². The lowest BCUT2D eigenvalue weighted by Gasteiger charge is -2.08. The molecule has 0 fully saturated rings. The monoisotopic (exact) mass is 277 g/mol. The zero-order chi connectivity index (χ0) is 13.5. The first-order valence-electron chi connectivity index (χ1n) is 6.21. The predicted molar refractivity (Wildman–Crippen MR) is 76.6 cm³/mol. The number of anilines is 1. The molecule has 5 heteroatoms.